The van der Waals surface area contributed by atoms with Gasteiger partial charge in [0.25, 0.3) is 0 Å². The first-order valence-electron chi connectivity index (χ1n) is 9.48. The molecule has 0 radical (unpaired) electrons. The zero-order chi connectivity index (χ0) is 20.4. The van der Waals surface area contributed by atoms with Crippen LogP contribution in [0.5, 0.6) is 0 Å². The molecule has 0 amide bonds. The first kappa shape index (κ1) is 20.4. The van der Waals surface area contributed by atoms with Gasteiger partial charge in [0, 0.05) is 17.6 Å². The average molecular weight is 496 g/mol. The van der Waals surface area contributed by atoms with Gasteiger partial charge >= 0.3 is 0 Å². The molecule has 0 bridgehead atoms. The van der Waals surface area contributed by atoms with Crippen molar-refractivity contribution in [3.63, 3.8) is 0 Å². The van der Waals surface area contributed by atoms with Crippen LogP contribution in [-0.4, -0.2) is 26.5 Å². The zero-order valence-corrected chi connectivity index (χ0v) is 18.8. The predicted molar refractivity (Wildman–Crippen MR) is 117 cm³/mol. The zero-order valence-electron chi connectivity index (χ0n) is 15.6. The van der Waals surface area contributed by atoms with Gasteiger partial charge in [-0.1, -0.05) is 52.5 Å². The molecule has 0 atom stereocenters. The highest BCUT2D eigenvalue weighted by atomic mass is 79.9. The van der Waals surface area contributed by atoms with Gasteiger partial charge in [-0.3, -0.25) is 0 Å². The van der Waals surface area contributed by atoms with Gasteiger partial charge in [0.15, 0.2) is 0 Å². The summed E-state index contributed by atoms with van der Waals surface area (Å²) in [7, 11) is -3.86. The normalized spacial score (nSPS) is 15.3. The molecule has 1 aromatic heterocycles. The van der Waals surface area contributed by atoms with Crippen molar-refractivity contribution < 1.29 is 12.8 Å². The van der Waals surface area contributed by atoms with Gasteiger partial charge in [0.05, 0.1) is 15.5 Å². The van der Waals surface area contributed by atoms with Crippen LogP contribution >= 0.6 is 27.5 Å². The molecule has 0 spiro atoms. The van der Waals surface area contributed by atoms with Crippen LogP contribution in [0, 0.1) is 0 Å². The minimum Gasteiger partial charge on any atom is -0.419 e. The average Bonchev–Trinajstić information content (AvgIpc) is 2.98. The summed E-state index contributed by atoms with van der Waals surface area (Å²) in [5.41, 5.74) is 0.572. The first-order valence-corrected chi connectivity index (χ1v) is 12.1. The quantitative estimate of drug-likeness (QED) is 0.446. The van der Waals surface area contributed by atoms with Crippen LogP contribution in [-0.2, 0) is 9.84 Å². The topological polar surface area (TPSA) is 63.4 Å². The van der Waals surface area contributed by atoms with Crippen LogP contribution in [0.3, 0.4) is 0 Å². The molecule has 152 valence electrons. The number of hydrogen-bond acceptors (Lipinski definition) is 5. The summed E-state index contributed by atoms with van der Waals surface area (Å²) in [6, 6.07) is 13.7. The van der Waals surface area contributed by atoms with Crippen LogP contribution in [0.25, 0.3) is 11.5 Å². The second kappa shape index (κ2) is 8.50. The van der Waals surface area contributed by atoms with Crippen molar-refractivity contribution >= 4 is 43.3 Å². The van der Waals surface area contributed by atoms with Crippen molar-refractivity contribution in [3.8, 4) is 11.5 Å². The Morgan fingerprint density at radius 1 is 0.966 bits per heavy atom. The molecule has 0 N–H and O–H groups in total. The molecule has 2 aromatic carbocycles. The third kappa shape index (κ3) is 4.22. The molecule has 5 nitrogen and oxygen atoms in total. The van der Waals surface area contributed by atoms with Crippen molar-refractivity contribution in [1.29, 1.82) is 0 Å². The number of aromatic nitrogens is 1. The van der Waals surface area contributed by atoms with Gasteiger partial charge in [-0.25, -0.2) is 8.42 Å². The molecule has 29 heavy (non-hydrogen) atoms. The molecule has 3 aromatic rings. The minimum atomic E-state index is -3.86. The fourth-order valence-corrected chi connectivity index (χ4v) is 5.22. The fraction of sp³-hybridized carbons (Fsp3) is 0.286. The van der Waals surface area contributed by atoms with Gasteiger partial charge in [-0.2, -0.15) is 4.98 Å². The molecule has 1 aliphatic rings. The molecule has 1 saturated heterocycles. The number of benzene rings is 2. The third-order valence-corrected chi connectivity index (χ3v) is 7.48. The SMILES string of the molecule is O=S(=O)(c1ccc(Br)cc1)c1nc(-c2ccccc2Cl)oc1N1CCCCCC1. The number of sulfone groups is 1. The van der Waals surface area contributed by atoms with E-state index in [1.165, 1.54) is 0 Å². The van der Waals surface area contributed by atoms with E-state index < -0.39 is 9.84 Å². The standard InChI is InChI=1S/C21H20BrClN2O3S/c22-15-9-11-16(12-10-15)29(26,27)20-21(25-13-5-1-2-6-14-25)28-19(24-20)17-7-3-4-8-18(17)23/h3-4,7-12H,1-2,5-6,13-14H2. The Morgan fingerprint density at radius 3 is 2.28 bits per heavy atom. The molecular weight excluding hydrogens is 476 g/mol. The Labute approximate surface area is 183 Å². The molecule has 8 heteroatoms. The molecule has 0 aliphatic carbocycles. The summed E-state index contributed by atoms with van der Waals surface area (Å²) in [6.45, 7) is 1.47. The molecule has 0 saturated carbocycles. The van der Waals surface area contributed by atoms with E-state index in [-0.39, 0.29) is 15.8 Å². The van der Waals surface area contributed by atoms with Crippen LogP contribution in [0.2, 0.25) is 5.02 Å². The Bertz CT molecular complexity index is 1110. The van der Waals surface area contributed by atoms with E-state index >= 15 is 0 Å². The summed E-state index contributed by atoms with van der Waals surface area (Å²) in [6.07, 6.45) is 4.22. The lowest BCUT2D eigenvalue weighted by Crippen LogP contribution is -2.25. The number of hydrogen-bond donors (Lipinski definition) is 0. The number of anilines is 1. The van der Waals surface area contributed by atoms with E-state index in [0.717, 1.165) is 43.2 Å². The third-order valence-electron chi connectivity index (χ3n) is 4.96. The number of nitrogens with zero attached hydrogens (tertiary/aromatic N) is 2. The van der Waals surface area contributed by atoms with Gasteiger partial charge < -0.3 is 9.32 Å². The maximum absolute atomic E-state index is 13.4. The van der Waals surface area contributed by atoms with Gasteiger partial charge in [-0.05, 0) is 49.2 Å². The molecule has 2 heterocycles. The van der Waals surface area contributed by atoms with Crippen molar-refractivity contribution in [2.24, 2.45) is 0 Å². The number of oxazole rings is 1. The second-order valence-electron chi connectivity index (χ2n) is 6.97. The molecule has 0 unspecified atom stereocenters. The van der Waals surface area contributed by atoms with E-state index in [4.69, 9.17) is 16.0 Å². The van der Waals surface area contributed by atoms with Gasteiger partial charge in [-0.15, -0.1) is 0 Å². The molecule has 1 fully saturated rings. The summed E-state index contributed by atoms with van der Waals surface area (Å²) in [5, 5.41) is 0.403. The highest BCUT2D eigenvalue weighted by molar-refractivity contribution is 9.10. The lowest BCUT2D eigenvalue weighted by atomic mass is 10.2. The summed E-state index contributed by atoms with van der Waals surface area (Å²) in [5.74, 6) is 0.510. The highest BCUT2D eigenvalue weighted by Gasteiger charge is 2.32. The lowest BCUT2D eigenvalue weighted by molar-refractivity contribution is 0.543. The van der Waals surface area contributed by atoms with Crippen LogP contribution in [0.1, 0.15) is 25.7 Å². The van der Waals surface area contributed by atoms with E-state index in [1.54, 1.807) is 36.4 Å². The smallest absolute Gasteiger partial charge is 0.236 e. The maximum atomic E-state index is 13.4. The van der Waals surface area contributed by atoms with Crippen LogP contribution in [0.15, 0.2) is 67.3 Å². The second-order valence-corrected chi connectivity index (χ2v) is 10.2. The summed E-state index contributed by atoms with van der Waals surface area (Å²) >= 11 is 9.66. The van der Waals surface area contributed by atoms with Gasteiger partial charge in [0.2, 0.25) is 26.6 Å². The Morgan fingerprint density at radius 2 is 1.62 bits per heavy atom. The Hall–Kier alpha value is -1.83. The minimum absolute atomic E-state index is 0.0587. The maximum Gasteiger partial charge on any atom is 0.236 e. The largest absolute Gasteiger partial charge is 0.419 e. The van der Waals surface area contributed by atoms with Crippen molar-refractivity contribution in [1.82, 2.24) is 4.98 Å². The van der Waals surface area contributed by atoms with Crippen molar-refractivity contribution in [2.75, 3.05) is 18.0 Å². The fourth-order valence-electron chi connectivity index (χ4n) is 3.42. The first-order chi connectivity index (χ1) is 14.0. The summed E-state index contributed by atoms with van der Waals surface area (Å²) in [4.78, 5) is 6.59. The van der Waals surface area contributed by atoms with E-state index in [9.17, 15) is 8.42 Å². The predicted octanol–water partition coefficient (Wildman–Crippen LogP) is 5.97. The monoisotopic (exact) mass is 494 g/mol. The lowest BCUT2D eigenvalue weighted by Gasteiger charge is -2.20. The van der Waals surface area contributed by atoms with Gasteiger partial charge in [0.1, 0.15) is 0 Å². The molecular formula is C21H20BrClN2O3S. The Balaban J connectivity index is 1.86. The van der Waals surface area contributed by atoms with E-state index in [0.29, 0.717) is 16.5 Å². The van der Waals surface area contributed by atoms with Crippen LogP contribution in [0.4, 0.5) is 5.88 Å². The molecule has 1 aliphatic heterocycles. The molecule has 4 rings (SSSR count). The van der Waals surface area contributed by atoms with Crippen molar-refractivity contribution in [3.05, 3.63) is 58.0 Å². The summed E-state index contributed by atoms with van der Waals surface area (Å²) < 4.78 is 33.7. The number of rotatable bonds is 4. The number of halogens is 2. The van der Waals surface area contributed by atoms with Crippen LogP contribution < -0.4 is 4.90 Å². The van der Waals surface area contributed by atoms with E-state index in [1.807, 2.05) is 17.0 Å². The van der Waals surface area contributed by atoms with E-state index in [2.05, 4.69) is 20.9 Å². The van der Waals surface area contributed by atoms with Crippen molar-refractivity contribution in [2.45, 2.75) is 35.6 Å². The highest BCUT2D eigenvalue weighted by Crippen LogP contribution is 2.37. The Kier molecular flexibility index (Phi) is 5.99.